The maximum atomic E-state index is 13.0. The molecule has 0 aliphatic carbocycles. The van der Waals surface area contributed by atoms with Gasteiger partial charge in [0.2, 0.25) is 5.91 Å². The second-order valence-electron chi connectivity index (χ2n) is 6.54. The largest absolute Gasteiger partial charge is 0.493 e. The van der Waals surface area contributed by atoms with Gasteiger partial charge in [0.25, 0.3) is 5.91 Å². The molecule has 142 valence electrons. The van der Waals surface area contributed by atoms with Crippen LogP contribution in [0.3, 0.4) is 0 Å². The normalized spacial score (nSPS) is 17.7. The Bertz CT molecular complexity index is 676. The third kappa shape index (κ3) is 4.33. The predicted molar refractivity (Wildman–Crippen MR) is 96.1 cm³/mol. The average Bonchev–Trinajstić information content (AvgIpc) is 3.10. The van der Waals surface area contributed by atoms with E-state index in [1.807, 2.05) is 6.92 Å². The van der Waals surface area contributed by atoms with Crippen LogP contribution in [0.4, 0.5) is 0 Å². The summed E-state index contributed by atoms with van der Waals surface area (Å²) in [5.74, 6) is -1.56. The summed E-state index contributed by atoms with van der Waals surface area (Å²) >= 11 is 0. The van der Waals surface area contributed by atoms with Crippen LogP contribution in [-0.4, -0.2) is 65.5 Å². The van der Waals surface area contributed by atoms with Crippen LogP contribution in [0.25, 0.3) is 0 Å². The zero-order valence-corrected chi connectivity index (χ0v) is 15.5. The molecule has 7 nitrogen and oxygen atoms in total. The number of ether oxygens (including phenoxy) is 1. The Morgan fingerprint density at radius 2 is 2.04 bits per heavy atom. The monoisotopic (exact) mass is 362 g/mol. The Morgan fingerprint density at radius 1 is 1.35 bits per heavy atom. The first kappa shape index (κ1) is 19.8. The molecule has 2 rings (SSSR count). The molecule has 1 aliphatic rings. The van der Waals surface area contributed by atoms with Gasteiger partial charge in [-0.3, -0.25) is 14.4 Å². The van der Waals surface area contributed by atoms with Gasteiger partial charge in [-0.1, -0.05) is 19.1 Å². The number of hydrogen-bond acceptors (Lipinski definition) is 4. The summed E-state index contributed by atoms with van der Waals surface area (Å²) in [5.41, 5.74) is 0.440. The number of aliphatic carboxylic acids is 1. The number of carboxylic acids is 1. The lowest BCUT2D eigenvalue weighted by Gasteiger charge is -2.29. The first-order valence-electron chi connectivity index (χ1n) is 8.87. The minimum atomic E-state index is -0.949. The minimum Gasteiger partial charge on any atom is -0.493 e. The van der Waals surface area contributed by atoms with Crippen LogP contribution < -0.4 is 4.74 Å². The third-order valence-corrected chi connectivity index (χ3v) is 4.56. The summed E-state index contributed by atoms with van der Waals surface area (Å²) < 4.78 is 5.53. The van der Waals surface area contributed by atoms with Crippen molar-refractivity contribution in [2.24, 2.45) is 5.92 Å². The summed E-state index contributed by atoms with van der Waals surface area (Å²) in [5, 5.41) is 9.03. The van der Waals surface area contributed by atoms with Crippen LogP contribution in [0.2, 0.25) is 0 Å². The molecular formula is C19H26N2O5. The number of carboxylic acid groups (broad SMARTS) is 1. The fourth-order valence-corrected chi connectivity index (χ4v) is 3.18. The number of likely N-dealkylation sites (N-methyl/N-ethyl adjacent to an activating group) is 1. The van der Waals surface area contributed by atoms with Gasteiger partial charge >= 0.3 is 5.97 Å². The highest BCUT2D eigenvalue weighted by atomic mass is 16.5. The number of likely N-dealkylation sites (tertiary alicyclic amines) is 1. The molecule has 2 amide bonds. The first-order valence-corrected chi connectivity index (χ1v) is 8.87. The fourth-order valence-electron chi connectivity index (χ4n) is 3.18. The molecule has 7 heteroatoms. The van der Waals surface area contributed by atoms with E-state index in [-0.39, 0.29) is 18.4 Å². The molecule has 1 heterocycles. The topological polar surface area (TPSA) is 87.2 Å². The van der Waals surface area contributed by atoms with E-state index >= 15 is 0 Å². The zero-order chi connectivity index (χ0) is 19.3. The molecule has 1 saturated heterocycles. The lowest BCUT2D eigenvalue weighted by atomic mass is 10.1. The van der Waals surface area contributed by atoms with Crippen molar-refractivity contribution < 1.29 is 24.2 Å². The SMILES string of the molecule is CCOc1ccccc1C(=O)N1CCCC1C(=O)N(C)CC(C)C(=O)O. The van der Waals surface area contributed by atoms with E-state index in [9.17, 15) is 14.4 Å². The summed E-state index contributed by atoms with van der Waals surface area (Å²) in [6.45, 7) is 4.47. The highest BCUT2D eigenvalue weighted by molar-refractivity contribution is 6.00. The van der Waals surface area contributed by atoms with Gasteiger partial charge in [0, 0.05) is 20.1 Å². The van der Waals surface area contributed by atoms with Gasteiger partial charge in [0.05, 0.1) is 18.1 Å². The molecule has 0 bridgehead atoms. The van der Waals surface area contributed by atoms with Crippen molar-refractivity contribution in [2.75, 3.05) is 26.7 Å². The number of nitrogens with zero attached hydrogens (tertiary/aromatic N) is 2. The molecule has 0 spiro atoms. The third-order valence-electron chi connectivity index (χ3n) is 4.56. The smallest absolute Gasteiger partial charge is 0.308 e. The Labute approximate surface area is 153 Å². The van der Waals surface area contributed by atoms with Gasteiger partial charge in [0.1, 0.15) is 11.8 Å². The lowest BCUT2D eigenvalue weighted by molar-refractivity contribution is -0.143. The molecule has 1 N–H and O–H groups in total. The van der Waals surface area contributed by atoms with Crippen molar-refractivity contribution >= 4 is 17.8 Å². The fraction of sp³-hybridized carbons (Fsp3) is 0.526. The van der Waals surface area contributed by atoms with Crippen molar-refractivity contribution in [3.8, 4) is 5.75 Å². The molecular weight excluding hydrogens is 336 g/mol. The number of carbonyl (C=O) groups excluding carboxylic acids is 2. The molecule has 1 aliphatic heterocycles. The van der Waals surface area contributed by atoms with Crippen LogP contribution in [0, 0.1) is 5.92 Å². The zero-order valence-electron chi connectivity index (χ0n) is 15.5. The minimum absolute atomic E-state index is 0.113. The molecule has 0 saturated carbocycles. The molecule has 2 unspecified atom stereocenters. The van der Waals surface area contributed by atoms with Crippen LogP contribution in [0.5, 0.6) is 5.75 Å². The van der Waals surface area contributed by atoms with E-state index in [0.29, 0.717) is 30.9 Å². The maximum absolute atomic E-state index is 13.0. The highest BCUT2D eigenvalue weighted by Crippen LogP contribution is 2.26. The van der Waals surface area contributed by atoms with Crippen LogP contribution in [0.15, 0.2) is 24.3 Å². The summed E-state index contributed by atoms with van der Waals surface area (Å²) in [4.78, 5) is 39.8. The van der Waals surface area contributed by atoms with E-state index in [0.717, 1.165) is 6.42 Å². The Morgan fingerprint density at radius 3 is 2.69 bits per heavy atom. The number of rotatable bonds is 7. The molecule has 1 aromatic rings. The van der Waals surface area contributed by atoms with E-state index in [1.165, 1.54) is 4.90 Å². The molecule has 26 heavy (non-hydrogen) atoms. The summed E-state index contributed by atoms with van der Waals surface area (Å²) in [6.07, 6.45) is 1.31. The maximum Gasteiger partial charge on any atom is 0.308 e. The summed E-state index contributed by atoms with van der Waals surface area (Å²) in [6, 6.07) is 6.44. The van der Waals surface area contributed by atoms with Crippen molar-refractivity contribution in [3.63, 3.8) is 0 Å². The first-order chi connectivity index (χ1) is 12.4. The molecule has 1 aromatic carbocycles. The van der Waals surface area contributed by atoms with Gasteiger partial charge < -0.3 is 19.6 Å². The van der Waals surface area contributed by atoms with Crippen LogP contribution in [0.1, 0.15) is 37.0 Å². The van der Waals surface area contributed by atoms with Crippen molar-refractivity contribution in [1.82, 2.24) is 9.80 Å². The molecule has 1 fully saturated rings. The highest BCUT2D eigenvalue weighted by Gasteiger charge is 2.37. The quantitative estimate of drug-likeness (QED) is 0.800. The number of para-hydroxylation sites is 1. The van der Waals surface area contributed by atoms with Gasteiger partial charge in [0.15, 0.2) is 0 Å². The Balaban J connectivity index is 2.15. The number of carbonyl (C=O) groups is 3. The standard InChI is InChI=1S/C19H26N2O5/c1-4-26-16-10-6-5-8-14(16)17(22)21-11-7-9-15(21)18(23)20(3)12-13(2)19(24)25/h5-6,8,10,13,15H,4,7,9,11-12H2,1-3H3,(H,24,25). The average molecular weight is 362 g/mol. The number of amides is 2. The van der Waals surface area contributed by atoms with E-state index in [4.69, 9.17) is 9.84 Å². The predicted octanol–water partition coefficient (Wildman–Crippen LogP) is 1.87. The lowest BCUT2D eigenvalue weighted by Crippen LogP contribution is -2.48. The van der Waals surface area contributed by atoms with Crippen molar-refractivity contribution in [3.05, 3.63) is 29.8 Å². The van der Waals surface area contributed by atoms with Gasteiger partial charge in [-0.05, 0) is 31.9 Å². The van der Waals surface area contributed by atoms with Crippen LogP contribution >= 0.6 is 0 Å². The molecule has 2 atom stereocenters. The Hall–Kier alpha value is -2.57. The van der Waals surface area contributed by atoms with E-state index in [1.54, 1.807) is 43.1 Å². The molecule has 0 radical (unpaired) electrons. The van der Waals surface area contributed by atoms with E-state index in [2.05, 4.69) is 0 Å². The second-order valence-corrected chi connectivity index (χ2v) is 6.54. The molecule has 0 aromatic heterocycles. The number of benzene rings is 1. The van der Waals surface area contributed by atoms with Gasteiger partial charge in [-0.2, -0.15) is 0 Å². The van der Waals surface area contributed by atoms with Crippen LogP contribution in [-0.2, 0) is 9.59 Å². The van der Waals surface area contributed by atoms with E-state index < -0.39 is 17.9 Å². The second kappa shape index (κ2) is 8.69. The number of hydrogen-bond donors (Lipinski definition) is 1. The van der Waals surface area contributed by atoms with Gasteiger partial charge in [-0.25, -0.2) is 0 Å². The summed E-state index contributed by atoms with van der Waals surface area (Å²) in [7, 11) is 1.58. The van der Waals surface area contributed by atoms with Gasteiger partial charge in [-0.15, -0.1) is 0 Å². The Kier molecular flexibility index (Phi) is 6.60. The van der Waals surface area contributed by atoms with Crippen molar-refractivity contribution in [1.29, 1.82) is 0 Å². The van der Waals surface area contributed by atoms with Crippen molar-refractivity contribution in [2.45, 2.75) is 32.7 Å².